The van der Waals surface area contributed by atoms with Gasteiger partial charge in [-0.15, -0.1) is 0 Å². The van der Waals surface area contributed by atoms with Crippen LogP contribution in [-0.2, 0) is 4.74 Å². The minimum atomic E-state index is -0.407. The van der Waals surface area contributed by atoms with Crippen molar-refractivity contribution in [3.8, 4) is 0 Å². The molecular formula is C14H22N4O3. The summed E-state index contributed by atoms with van der Waals surface area (Å²) in [6, 6.07) is 3.23. The standard InChI is InChI=1S/C14H22N4O3/c1-4-15-12-6-5-11(18(19)20)13(17-12)16-10-7-8-21-14(2,3)9-10/h5-6,10H,4,7-9H2,1-3H3,(H2,15,16,17). The van der Waals surface area contributed by atoms with Crippen LogP contribution >= 0.6 is 0 Å². The molecule has 2 heterocycles. The second-order valence-electron chi connectivity index (χ2n) is 5.79. The van der Waals surface area contributed by atoms with Crippen LogP contribution in [0.25, 0.3) is 0 Å². The first kappa shape index (κ1) is 15.5. The van der Waals surface area contributed by atoms with E-state index in [1.54, 1.807) is 6.07 Å². The molecule has 1 aliphatic heterocycles. The molecule has 1 aliphatic rings. The number of nitrogens with one attached hydrogen (secondary N) is 2. The van der Waals surface area contributed by atoms with E-state index in [0.717, 1.165) is 12.8 Å². The molecule has 1 atom stereocenters. The molecule has 1 fully saturated rings. The molecule has 1 saturated heterocycles. The van der Waals surface area contributed by atoms with E-state index in [-0.39, 0.29) is 17.3 Å². The SMILES string of the molecule is CCNc1ccc([N+](=O)[O-])c(NC2CCOC(C)(C)C2)n1. The number of nitrogens with zero attached hydrogens (tertiary/aromatic N) is 2. The first-order valence-electron chi connectivity index (χ1n) is 7.21. The Kier molecular flexibility index (Phi) is 4.62. The van der Waals surface area contributed by atoms with Crippen LogP contribution in [0.1, 0.15) is 33.6 Å². The lowest BCUT2D eigenvalue weighted by molar-refractivity contribution is -0.384. The van der Waals surface area contributed by atoms with Crippen LogP contribution in [0.3, 0.4) is 0 Å². The summed E-state index contributed by atoms with van der Waals surface area (Å²) < 4.78 is 5.67. The van der Waals surface area contributed by atoms with Gasteiger partial charge in [0.1, 0.15) is 5.82 Å². The highest BCUT2D eigenvalue weighted by Gasteiger charge is 2.30. The molecule has 0 spiro atoms. The lowest BCUT2D eigenvalue weighted by Gasteiger charge is -2.35. The van der Waals surface area contributed by atoms with E-state index >= 15 is 0 Å². The highest BCUT2D eigenvalue weighted by Crippen LogP contribution is 2.30. The summed E-state index contributed by atoms with van der Waals surface area (Å²) in [5.41, 5.74) is -0.217. The Hall–Kier alpha value is -1.89. The number of pyridine rings is 1. The maximum atomic E-state index is 11.1. The molecule has 0 aliphatic carbocycles. The van der Waals surface area contributed by atoms with Gasteiger partial charge in [-0.25, -0.2) is 4.98 Å². The van der Waals surface area contributed by atoms with Gasteiger partial charge in [0, 0.05) is 25.3 Å². The Bertz CT molecular complexity index is 519. The van der Waals surface area contributed by atoms with Gasteiger partial charge < -0.3 is 15.4 Å². The third kappa shape index (κ3) is 4.04. The van der Waals surface area contributed by atoms with Crippen molar-refractivity contribution in [2.75, 3.05) is 23.8 Å². The van der Waals surface area contributed by atoms with E-state index in [1.165, 1.54) is 6.07 Å². The maximum absolute atomic E-state index is 11.1. The molecule has 116 valence electrons. The molecule has 1 unspecified atom stereocenters. The first-order chi connectivity index (χ1) is 9.91. The zero-order valence-corrected chi connectivity index (χ0v) is 12.7. The zero-order chi connectivity index (χ0) is 15.5. The highest BCUT2D eigenvalue weighted by molar-refractivity contribution is 5.60. The van der Waals surface area contributed by atoms with Crippen LogP contribution in [0.15, 0.2) is 12.1 Å². The topological polar surface area (TPSA) is 89.3 Å². The Morgan fingerprint density at radius 1 is 1.52 bits per heavy atom. The lowest BCUT2D eigenvalue weighted by Crippen LogP contribution is -2.40. The van der Waals surface area contributed by atoms with Gasteiger partial charge in [-0.05, 0) is 39.7 Å². The first-order valence-corrected chi connectivity index (χ1v) is 7.21. The summed E-state index contributed by atoms with van der Waals surface area (Å²) >= 11 is 0. The van der Waals surface area contributed by atoms with Crippen LogP contribution in [0.4, 0.5) is 17.3 Å². The van der Waals surface area contributed by atoms with Crippen LogP contribution in [-0.4, -0.2) is 34.7 Å². The van der Waals surface area contributed by atoms with E-state index in [4.69, 9.17) is 4.74 Å². The fourth-order valence-corrected chi connectivity index (χ4v) is 2.53. The Morgan fingerprint density at radius 2 is 2.29 bits per heavy atom. The number of aromatic nitrogens is 1. The summed E-state index contributed by atoms with van der Waals surface area (Å²) in [7, 11) is 0. The molecule has 1 aromatic rings. The highest BCUT2D eigenvalue weighted by atomic mass is 16.6. The molecular weight excluding hydrogens is 272 g/mol. The Balaban J connectivity index is 2.20. The van der Waals surface area contributed by atoms with Crippen LogP contribution < -0.4 is 10.6 Å². The molecule has 0 aromatic carbocycles. The van der Waals surface area contributed by atoms with Crippen molar-refractivity contribution < 1.29 is 9.66 Å². The average Bonchev–Trinajstić information content (AvgIpc) is 2.37. The van der Waals surface area contributed by atoms with Crippen molar-refractivity contribution in [1.82, 2.24) is 4.98 Å². The quantitative estimate of drug-likeness (QED) is 0.641. The third-order valence-corrected chi connectivity index (χ3v) is 3.47. The van der Waals surface area contributed by atoms with Gasteiger partial charge in [0.2, 0.25) is 5.82 Å². The van der Waals surface area contributed by atoms with Gasteiger partial charge in [0.05, 0.1) is 10.5 Å². The smallest absolute Gasteiger partial charge is 0.311 e. The van der Waals surface area contributed by atoms with Crippen molar-refractivity contribution in [2.24, 2.45) is 0 Å². The summed E-state index contributed by atoms with van der Waals surface area (Å²) in [5, 5.41) is 17.4. The monoisotopic (exact) mass is 294 g/mol. The lowest BCUT2D eigenvalue weighted by atomic mass is 9.94. The largest absolute Gasteiger partial charge is 0.375 e. The van der Waals surface area contributed by atoms with Gasteiger partial charge in [-0.2, -0.15) is 0 Å². The van der Waals surface area contributed by atoms with Crippen molar-refractivity contribution in [3.05, 3.63) is 22.2 Å². The van der Waals surface area contributed by atoms with Crippen molar-refractivity contribution in [2.45, 2.75) is 45.3 Å². The summed E-state index contributed by atoms with van der Waals surface area (Å²) in [6.07, 6.45) is 1.60. The van der Waals surface area contributed by atoms with Crippen molar-refractivity contribution in [1.29, 1.82) is 0 Å². The molecule has 21 heavy (non-hydrogen) atoms. The molecule has 1 aromatic heterocycles. The van der Waals surface area contributed by atoms with Crippen molar-refractivity contribution in [3.63, 3.8) is 0 Å². The van der Waals surface area contributed by atoms with Gasteiger partial charge in [0.25, 0.3) is 0 Å². The van der Waals surface area contributed by atoms with E-state index < -0.39 is 4.92 Å². The molecule has 7 nitrogen and oxygen atoms in total. The molecule has 2 N–H and O–H groups in total. The number of anilines is 2. The Labute approximate surface area is 124 Å². The minimum Gasteiger partial charge on any atom is -0.375 e. The second-order valence-corrected chi connectivity index (χ2v) is 5.79. The molecule has 7 heteroatoms. The number of rotatable bonds is 5. The van der Waals surface area contributed by atoms with Gasteiger partial charge >= 0.3 is 5.69 Å². The average molecular weight is 294 g/mol. The number of nitro groups is 1. The fourth-order valence-electron chi connectivity index (χ4n) is 2.53. The van der Waals surface area contributed by atoms with Crippen LogP contribution in [0.2, 0.25) is 0 Å². The number of ether oxygens (including phenoxy) is 1. The maximum Gasteiger partial charge on any atom is 0.311 e. The normalized spacial score (nSPS) is 20.8. The zero-order valence-electron chi connectivity index (χ0n) is 12.7. The van der Waals surface area contributed by atoms with E-state index in [0.29, 0.717) is 24.8 Å². The van der Waals surface area contributed by atoms with Gasteiger partial charge in [0.15, 0.2) is 0 Å². The summed E-state index contributed by atoms with van der Waals surface area (Å²) in [6.45, 7) is 7.37. The van der Waals surface area contributed by atoms with E-state index in [9.17, 15) is 10.1 Å². The van der Waals surface area contributed by atoms with Gasteiger partial charge in [-0.3, -0.25) is 10.1 Å². The minimum absolute atomic E-state index is 0.000881. The van der Waals surface area contributed by atoms with Crippen LogP contribution in [0, 0.1) is 10.1 Å². The predicted octanol–water partition coefficient (Wildman–Crippen LogP) is 2.79. The van der Waals surface area contributed by atoms with Crippen LogP contribution in [0.5, 0.6) is 0 Å². The fraction of sp³-hybridized carbons (Fsp3) is 0.643. The number of hydrogen-bond acceptors (Lipinski definition) is 6. The summed E-state index contributed by atoms with van der Waals surface area (Å²) in [5.74, 6) is 0.957. The third-order valence-electron chi connectivity index (χ3n) is 3.47. The summed E-state index contributed by atoms with van der Waals surface area (Å²) in [4.78, 5) is 15.1. The molecule has 2 rings (SSSR count). The molecule has 0 bridgehead atoms. The Morgan fingerprint density at radius 3 is 2.90 bits per heavy atom. The van der Waals surface area contributed by atoms with E-state index in [1.807, 2.05) is 20.8 Å². The molecule has 0 amide bonds. The second kappa shape index (κ2) is 6.26. The van der Waals surface area contributed by atoms with Crippen molar-refractivity contribution >= 4 is 17.3 Å². The van der Waals surface area contributed by atoms with Gasteiger partial charge in [-0.1, -0.05) is 0 Å². The molecule has 0 saturated carbocycles. The number of hydrogen-bond donors (Lipinski definition) is 2. The molecule has 0 radical (unpaired) electrons. The predicted molar refractivity (Wildman–Crippen MR) is 81.7 cm³/mol. The van der Waals surface area contributed by atoms with E-state index in [2.05, 4.69) is 15.6 Å².